The van der Waals surface area contributed by atoms with Crippen LogP contribution in [0.3, 0.4) is 0 Å². The quantitative estimate of drug-likeness (QED) is 0.838. The van der Waals surface area contributed by atoms with E-state index in [4.69, 9.17) is 0 Å². The summed E-state index contributed by atoms with van der Waals surface area (Å²) >= 11 is 0. The third-order valence-electron chi connectivity index (χ3n) is 4.80. The van der Waals surface area contributed by atoms with Gasteiger partial charge in [-0.25, -0.2) is 0 Å². The predicted octanol–water partition coefficient (Wildman–Crippen LogP) is 1.62. The van der Waals surface area contributed by atoms with E-state index in [-0.39, 0.29) is 11.8 Å². The van der Waals surface area contributed by atoms with Crippen molar-refractivity contribution in [2.75, 3.05) is 45.2 Å². The van der Waals surface area contributed by atoms with Gasteiger partial charge in [0.05, 0.1) is 6.42 Å². The Morgan fingerprint density at radius 1 is 0.962 bits per heavy atom. The van der Waals surface area contributed by atoms with E-state index in [1.807, 2.05) is 83.1 Å². The normalized spacial score (nSPS) is 14.4. The molecule has 2 heterocycles. The van der Waals surface area contributed by atoms with E-state index in [0.717, 1.165) is 11.3 Å². The van der Waals surface area contributed by atoms with Gasteiger partial charge in [0.1, 0.15) is 0 Å². The van der Waals surface area contributed by atoms with Crippen molar-refractivity contribution in [2.45, 2.75) is 6.42 Å². The first-order valence-electron chi connectivity index (χ1n) is 8.89. The Balaban J connectivity index is 1.54. The Morgan fingerprint density at radius 2 is 1.58 bits per heavy atom. The summed E-state index contributed by atoms with van der Waals surface area (Å²) in [6, 6.07) is 9.60. The van der Waals surface area contributed by atoms with Crippen molar-refractivity contribution >= 4 is 17.5 Å². The van der Waals surface area contributed by atoms with Crippen LogP contribution in [-0.2, 0) is 18.3 Å². The van der Waals surface area contributed by atoms with Gasteiger partial charge in [0.2, 0.25) is 5.91 Å². The second-order valence-electron chi connectivity index (χ2n) is 6.98. The molecule has 2 amide bonds. The van der Waals surface area contributed by atoms with Crippen LogP contribution in [0.25, 0.3) is 0 Å². The molecule has 1 aromatic carbocycles. The summed E-state index contributed by atoms with van der Waals surface area (Å²) in [5.74, 6) is 0.157. The molecule has 6 nitrogen and oxygen atoms in total. The predicted molar refractivity (Wildman–Crippen MR) is 102 cm³/mol. The number of nitrogens with zero attached hydrogens (tertiary/aromatic N) is 4. The lowest BCUT2D eigenvalue weighted by Gasteiger charge is -2.35. The van der Waals surface area contributed by atoms with E-state index < -0.39 is 0 Å². The summed E-state index contributed by atoms with van der Waals surface area (Å²) in [5.41, 5.74) is 2.79. The molecule has 0 N–H and O–H groups in total. The largest absolute Gasteiger partial charge is 0.378 e. The van der Waals surface area contributed by atoms with E-state index in [2.05, 4.69) is 0 Å². The van der Waals surface area contributed by atoms with Crippen LogP contribution in [0.5, 0.6) is 0 Å². The van der Waals surface area contributed by atoms with E-state index >= 15 is 0 Å². The number of hydrogen-bond acceptors (Lipinski definition) is 3. The summed E-state index contributed by atoms with van der Waals surface area (Å²) in [5, 5.41) is 0. The number of piperazine rings is 1. The molecule has 0 radical (unpaired) electrons. The molecular weight excluding hydrogens is 328 g/mol. The average molecular weight is 354 g/mol. The number of carbonyl (C=O) groups excluding carboxylic acids is 2. The first-order valence-corrected chi connectivity index (χ1v) is 8.89. The minimum Gasteiger partial charge on any atom is -0.378 e. The zero-order valence-corrected chi connectivity index (χ0v) is 15.7. The third kappa shape index (κ3) is 4.07. The molecule has 3 rings (SSSR count). The minimum atomic E-state index is 0.0328. The molecule has 0 unspecified atom stereocenters. The summed E-state index contributed by atoms with van der Waals surface area (Å²) in [6.45, 7) is 2.34. The first kappa shape index (κ1) is 18.0. The summed E-state index contributed by atoms with van der Waals surface area (Å²) < 4.78 is 1.95. The Bertz CT molecular complexity index is 771. The maximum atomic E-state index is 12.7. The number of rotatable bonds is 4. The molecule has 0 saturated carbocycles. The maximum absolute atomic E-state index is 12.7. The van der Waals surface area contributed by atoms with Crippen LogP contribution >= 0.6 is 0 Å². The van der Waals surface area contributed by atoms with Gasteiger partial charge in [-0.3, -0.25) is 9.59 Å². The van der Waals surface area contributed by atoms with Crippen molar-refractivity contribution in [1.82, 2.24) is 14.4 Å². The number of amides is 2. The van der Waals surface area contributed by atoms with Crippen molar-refractivity contribution in [1.29, 1.82) is 0 Å². The van der Waals surface area contributed by atoms with Crippen LogP contribution < -0.4 is 4.90 Å². The Kier molecular flexibility index (Phi) is 5.30. The molecule has 1 saturated heterocycles. The second kappa shape index (κ2) is 7.64. The molecule has 138 valence electrons. The van der Waals surface area contributed by atoms with Crippen LogP contribution in [-0.4, -0.2) is 66.5 Å². The molecule has 0 atom stereocenters. The number of aromatic nitrogens is 1. The Labute approximate surface area is 154 Å². The zero-order chi connectivity index (χ0) is 18.7. The van der Waals surface area contributed by atoms with Gasteiger partial charge in [-0.05, 0) is 35.9 Å². The fraction of sp³-hybridized carbons (Fsp3) is 0.400. The van der Waals surface area contributed by atoms with Gasteiger partial charge in [-0.1, -0.05) is 0 Å². The van der Waals surface area contributed by atoms with Crippen molar-refractivity contribution in [2.24, 2.45) is 7.05 Å². The zero-order valence-electron chi connectivity index (χ0n) is 15.7. The van der Waals surface area contributed by atoms with Crippen molar-refractivity contribution < 1.29 is 9.59 Å². The Morgan fingerprint density at radius 3 is 2.12 bits per heavy atom. The van der Waals surface area contributed by atoms with E-state index in [9.17, 15) is 9.59 Å². The molecular formula is C20H26N4O2. The molecule has 26 heavy (non-hydrogen) atoms. The minimum absolute atomic E-state index is 0.0328. The highest BCUT2D eigenvalue weighted by Gasteiger charge is 2.25. The summed E-state index contributed by atoms with van der Waals surface area (Å²) in [7, 11) is 5.90. The standard InChI is InChI=1S/C20H26N4O2/c1-21(2)18-6-4-17(5-7-18)20(26)24-12-10-23(11-13-24)19(25)14-16-8-9-22(3)15-16/h4-9,15H,10-14H2,1-3H3. The number of hydrogen-bond donors (Lipinski definition) is 0. The molecule has 2 aromatic rings. The fourth-order valence-electron chi connectivity index (χ4n) is 3.20. The van der Waals surface area contributed by atoms with Crippen LogP contribution in [0.15, 0.2) is 42.7 Å². The number of aryl methyl sites for hydroxylation is 1. The molecule has 6 heteroatoms. The second-order valence-corrected chi connectivity index (χ2v) is 6.98. The molecule has 1 aliphatic heterocycles. The van der Waals surface area contributed by atoms with Gasteiger partial charge in [0, 0.05) is 71.0 Å². The van der Waals surface area contributed by atoms with Gasteiger partial charge < -0.3 is 19.3 Å². The van der Waals surface area contributed by atoms with Gasteiger partial charge >= 0.3 is 0 Å². The first-order chi connectivity index (χ1) is 12.4. The molecule has 0 bridgehead atoms. The highest BCUT2D eigenvalue weighted by Crippen LogP contribution is 2.15. The highest BCUT2D eigenvalue weighted by atomic mass is 16.2. The van der Waals surface area contributed by atoms with Gasteiger partial charge in [0.15, 0.2) is 0 Å². The average Bonchev–Trinajstić information content (AvgIpc) is 3.06. The fourth-order valence-corrected chi connectivity index (χ4v) is 3.20. The molecule has 0 aliphatic carbocycles. The SMILES string of the molecule is CN(C)c1ccc(C(=O)N2CCN(C(=O)Cc3ccn(C)c3)CC2)cc1. The lowest BCUT2D eigenvalue weighted by Crippen LogP contribution is -2.51. The summed E-state index contributed by atoms with van der Waals surface area (Å²) in [6.07, 6.45) is 4.33. The van der Waals surface area contributed by atoms with Crippen LogP contribution in [0.4, 0.5) is 5.69 Å². The monoisotopic (exact) mass is 354 g/mol. The van der Waals surface area contributed by atoms with Crippen LogP contribution in [0, 0.1) is 0 Å². The number of carbonyl (C=O) groups is 2. The number of anilines is 1. The smallest absolute Gasteiger partial charge is 0.253 e. The van der Waals surface area contributed by atoms with Crippen molar-refractivity contribution in [3.63, 3.8) is 0 Å². The van der Waals surface area contributed by atoms with Crippen molar-refractivity contribution in [3.05, 3.63) is 53.9 Å². The molecule has 1 aromatic heterocycles. The van der Waals surface area contributed by atoms with Crippen LogP contribution in [0.2, 0.25) is 0 Å². The molecule has 0 spiro atoms. The van der Waals surface area contributed by atoms with Gasteiger partial charge in [0.25, 0.3) is 5.91 Å². The van der Waals surface area contributed by atoms with Crippen molar-refractivity contribution in [3.8, 4) is 0 Å². The topological polar surface area (TPSA) is 48.8 Å². The summed E-state index contributed by atoms with van der Waals surface area (Å²) in [4.78, 5) is 30.8. The van der Waals surface area contributed by atoms with E-state index in [1.165, 1.54) is 0 Å². The highest BCUT2D eigenvalue weighted by molar-refractivity contribution is 5.94. The molecule has 1 aliphatic rings. The Hall–Kier alpha value is -2.76. The van der Waals surface area contributed by atoms with Crippen LogP contribution in [0.1, 0.15) is 15.9 Å². The maximum Gasteiger partial charge on any atom is 0.253 e. The molecule has 1 fully saturated rings. The van der Waals surface area contributed by atoms with E-state index in [0.29, 0.717) is 38.2 Å². The number of benzene rings is 1. The third-order valence-corrected chi connectivity index (χ3v) is 4.80. The lowest BCUT2D eigenvalue weighted by molar-refractivity contribution is -0.131. The van der Waals surface area contributed by atoms with E-state index in [1.54, 1.807) is 0 Å². The van der Waals surface area contributed by atoms with Gasteiger partial charge in [-0.15, -0.1) is 0 Å². The van der Waals surface area contributed by atoms with Gasteiger partial charge in [-0.2, -0.15) is 0 Å². The lowest BCUT2D eigenvalue weighted by atomic mass is 10.1.